The Bertz CT molecular complexity index is 844. The zero-order valence-electron chi connectivity index (χ0n) is 14.0. The normalized spacial score (nSPS) is 15.3. The van der Waals surface area contributed by atoms with Gasteiger partial charge in [-0.25, -0.2) is 0 Å². The standard InChI is InChI=1S/C22H21NO2/c23-14-4-5-16-8-13-20-21(15-16)25-22(24-20)19-11-9-18(10-12-19)17-6-2-1-3-7-17/h1-3,6-13,15,22H,4-5,14,23H2. The van der Waals surface area contributed by atoms with Crippen molar-refractivity contribution in [3.05, 3.63) is 83.9 Å². The first-order valence-electron chi connectivity index (χ1n) is 8.65. The number of ether oxygens (including phenoxy) is 2. The van der Waals surface area contributed by atoms with Gasteiger partial charge in [0.1, 0.15) is 0 Å². The summed E-state index contributed by atoms with van der Waals surface area (Å²) in [5, 5.41) is 0. The van der Waals surface area contributed by atoms with Gasteiger partial charge in [0.15, 0.2) is 11.5 Å². The van der Waals surface area contributed by atoms with Gasteiger partial charge in [-0.05, 0) is 48.2 Å². The molecular weight excluding hydrogens is 310 g/mol. The topological polar surface area (TPSA) is 44.5 Å². The molecule has 0 saturated carbocycles. The molecule has 0 aliphatic carbocycles. The van der Waals surface area contributed by atoms with Gasteiger partial charge in [-0.15, -0.1) is 0 Å². The molecule has 0 fully saturated rings. The summed E-state index contributed by atoms with van der Waals surface area (Å²) < 4.78 is 12.0. The highest BCUT2D eigenvalue weighted by Gasteiger charge is 2.25. The molecule has 1 aliphatic heterocycles. The average molecular weight is 331 g/mol. The first kappa shape index (κ1) is 15.7. The van der Waals surface area contributed by atoms with Gasteiger partial charge in [0.2, 0.25) is 0 Å². The van der Waals surface area contributed by atoms with Crippen molar-refractivity contribution in [1.29, 1.82) is 0 Å². The summed E-state index contributed by atoms with van der Waals surface area (Å²) in [6.45, 7) is 0.699. The molecule has 0 spiro atoms. The average Bonchev–Trinajstić information content (AvgIpc) is 3.10. The van der Waals surface area contributed by atoms with Gasteiger partial charge in [-0.3, -0.25) is 0 Å². The van der Waals surface area contributed by atoms with Crippen molar-refractivity contribution in [2.24, 2.45) is 5.73 Å². The first-order valence-corrected chi connectivity index (χ1v) is 8.65. The number of fused-ring (bicyclic) bond motifs is 1. The van der Waals surface area contributed by atoms with Gasteiger partial charge in [0.25, 0.3) is 6.29 Å². The highest BCUT2D eigenvalue weighted by atomic mass is 16.7. The Labute approximate surface area is 148 Å². The maximum absolute atomic E-state index is 6.01. The molecule has 3 heteroatoms. The van der Waals surface area contributed by atoms with Crippen LogP contribution in [0.4, 0.5) is 0 Å². The lowest BCUT2D eigenvalue weighted by atomic mass is 10.0. The summed E-state index contributed by atoms with van der Waals surface area (Å²) in [4.78, 5) is 0. The molecular formula is C22H21NO2. The van der Waals surface area contributed by atoms with Crippen molar-refractivity contribution in [1.82, 2.24) is 0 Å². The number of hydrogen-bond acceptors (Lipinski definition) is 3. The molecule has 1 aliphatic rings. The molecule has 0 saturated heterocycles. The number of rotatable bonds is 5. The monoisotopic (exact) mass is 331 g/mol. The van der Waals surface area contributed by atoms with Gasteiger partial charge < -0.3 is 15.2 Å². The Morgan fingerprint density at radius 3 is 2.24 bits per heavy atom. The van der Waals surface area contributed by atoms with Gasteiger partial charge in [-0.2, -0.15) is 0 Å². The van der Waals surface area contributed by atoms with E-state index < -0.39 is 0 Å². The van der Waals surface area contributed by atoms with Gasteiger partial charge in [0.05, 0.1) is 0 Å². The van der Waals surface area contributed by atoms with Gasteiger partial charge >= 0.3 is 0 Å². The predicted molar refractivity (Wildman–Crippen MR) is 99.7 cm³/mol. The molecule has 0 aromatic heterocycles. The van der Waals surface area contributed by atoms with Crippen LogP contribution < -0.4 is 15.2 Å². The molecule has 4 rings (SSSR count). The minimum atomic E-state index is -0.385. The minimum Gasteiger partial charge on any atom is -0.447 e. The molecule has 3 nitrogen and oxygen atoms in total. The third-order valence-electron chi connectivity index (χ3n) is 4.44. The molecule has 126 valence electrons. The molecule has 1 atom stereocenters. The SMILES string of the molecule is NCCCc1ccc2c(c1)OC(c1ccc(-c3ccccc3)cc1)O2. The number of hydrogen-bond donors (Lipinski definition) is 1. The second-order valence-corrected chi connectivity index (χ2v) is 6.23. The van der Waals surface area contributed by atoms with Crippen LogP contribution in [0.2, 0.25) is 0 Å². The number of benzene rings is 3. The maximum Gasteiger partial charge on any atom is 0.267 e. The molecule has 0 bridgehead atoms. The Morgan fingerprint density at radius 1 is 0.760 bits per heavy atom. The molecule has 3 aromatic rings. The largest absolute Gasteiger partial charge is 0.447 e. The highest BCUT2D eigenvalue weighted by Crippen LogP contribution is 2.41. The maximum atomic E-state index is 6.01. The summed E-state index contributed by atoms with van der Waals surface area (Å²) in [6.07, 6.45) is 1.55. The van der Waals surface area contributed by atoms with Crippen LogP contribution in [0.15, 0.2) is 72.8 Å². The summed E-state index contributed by atoms with van der Waals surface area (Å²) >= 11 is 0. The van der Waals surface area contributed by atoms with Crippen LogP contribution in [0.1, 0.15) is 23.8 Å². The van der Waals surface area contributed by atoms with E-state index in [9.17, 15) is 0 Å². The fourth-order valence-corrected chi connectivity index (χ4v) is 3.06. The van der Waals surface area contributed by atoms with Crippen molar-refractivity contribution in [2.75, 3.05) is 6.54 Å². The molecule has 25 heavy (non-hydrogen) atoms. The Kier molecular flexibility index (Phi) is 4.40. The van der Waals surface area contributed by atoms with Crippen LogP contribution in [0.3, 0.4) is 0 Å². The first-order chi connectivity index (χ1) is 12.3. The van der Waals surface area contributed by atoms with E-state index in [1.807, 2.05) is 24.3 Å². The van der Waals surface area contributed by atoms with Crippen LogP contribution in [-0.4, -0.2) is 6.54 Å². The van der Waals surface area contributed by atoms with E-state index in [1.54, 1.807) is 0 Å². The van der Waals surface area contributed by atoms with E-state index in [2.05, 4.69) is 48.5 Å². The molecule has 1 unspecified atom stereocenters. The van der Waals surface area contributed by atoms with Crippen LogP contribution in [-0.2, 0) is 6.42 Å². The van der Waals surface area contributed by atoms with Crippen LogP contribution >= 0.6 is 0 Å². The van der Waals surface area contributed by atoms with Gasteiger partial charge in [0, 0.05) is 5.56 Å². The number of aryl methyl sites for hydroxylation is 1. The lowest BCUT2D eigenvalue weighted by Crippen LogP contribution is -2.07. The summed E-state index contributed by atoms with van der Waals surface area (Å²) in [7, 11) is 0. The summed E-state index contributed by atoms with van der Waals surface area (Å²) in [5.74, 6) is 1.61. The fourth-order valence-electron chi connectivity index (χ4n) is 3.06. The lowest BCUT2D eigenvalue weighted by molar-refractivity contribution is 0.0487. The zero-order chi connectivity index (χ0) is 17.1. The second kappa shape index (κ2) is 6.99. The van der Waals surface area contributed by atoms with Crippen LogP contribution in [0.25, 0.3) is 11.1 Å². The van der Waals surface area contributed by atoms with Crippen molar-refractivity contribution >= 4 is 0 Å². The molecule has 0 radical (unpaired) electrons. The highest BCUT2D eigenvalue weighted by molar-refractivity contribution is 5.63. The van der Waals surface area contributed by atoms with E-state index in [0.717, 1.165) is 29.9 Å². The predicted octanol–water partition coefficient (Wildman–Crippen LogP) is 4.71. The Balaban J connectivity index is 1.50. The minimum absolute atomic E-state index is 0.385. The second-order valence-electron chi connectivity index (χ2n) is 6.23. The van der Waals surface area contributed by atoms with Crippen LogP contribution in [0.5, 0.6) is 11.5 Å². The van der Waals surface area contributed by atoms with E-state index >= 15 is 0 Å². The molecule has 2 N–H and O–H groups in total. The quantitative estimate of drug-likeness (QED) is 0.736. The van der Waals surface area contributed by atoms with E-state index in [-0.39, 0.29) is 6.29 Å². The van der Waals surface area contributed by atoms with Crippen LogP contribution in [0, 0.1) is 0 Å². The third kappa shape index (κ3) is 3.37. The van der Waals surface area contributed by atoms with E-state index in [0.29, 0.717) is 6.54 Å². The fraction of sp³-hybridized carbons (Fsp3) is 0.182. The zero-order valence-corrected chi connectivity index (χ0v) is 14.0. The number of nitrogens with two attached hydrogens (primary N) is 1. The van der Waals surface area contributed by atoms with Crippen molar-refractivity contribution < 1.29 is 9.47 Å². The van der Waals surface area contributed by atoms with Gasteiger partial charge in [-0.1, -0.05) is 60.7 Å². The lowest BCUT2D eigenvalue weighted by Gasteiger charge is -2.11. The van der Waals surface area contributed by atoms with E-state index in [1.165, 1.54) is 16.7 Å². The van der Waals surface area contributed by atoms with Crippen molar-refractivity contribution in [3.63, 3.8) is 0 Å². The van der Waals surface area contributed by atoms with Crippen molar-refractivity contribution in [3.8, 4) is 22.6 Å². The Morgan fingerprint density at radius 2 is 1.48 bits per heavy atom. The smallest absolute Gasteiger partial charge is 0.267 e. The molecule has 3 aromatic carbocycles. The Hall–Kier alpha value is -2.78. The third-order valence-corrected chi connectivity index (χ3v) is 4.44. The summed E-state index contributed by atoms with van der Waals surface area (Å²) in [5.41, 5.74) is 10.2. The summed E-state index contributed by atoms with van der Waals surface area (Å²) in [6, 6.07) is 24.8. The van der Waals surface area contributed by atoms with Crippen molar-refractivity contribution in [2.45, 2.75) is 19.1 Å². The molecule has 1 heterocycles. The van der Waals surface area contributed by atoms with E-state index in [4.69, 9.17) is 15.2 Å². The molecule has 0 amide bonds.